The van der Waals surface area contributed by atoms with Crippen molar-refractivity contribution in [2.75, 3.05) is 11.9 Å². The Morgan fingerprint density at radius 3 is 2.73 bits per heavy atom. The summed E-state index contributed by atoms with van der Waals surface area (Å²) in [6.07, 6.45) is 3.72. The van der Waals surface area contributed by atoms with Crippen LogP contribution in [0.1, 0.15) is 30.7 Å². The van der Waals surface area contributed by atoms with Crippen LogP contribution in [0, 0.1) is 6.92 Å². The standard InChI is InChI=1S/C18H22N4O4/c1-13-6-8-14(9-7-13)19-16(23)12-26-17(24)11-22-18(25)21-10-4-2-3-5-15(21)20-22/h6-9H,2-5,10-12H2,1H3,(H,19,23). The average molecular weight is 358 g/mol. The summed E-state index contributed by atoms with van der Waals surface area (Å²) in [6.45, 7) is 1.87. The molecule has 8 nitrogen and oxygen atoms in total. The Kier molecular flexibility index (Phi) is 5.50. The second-order valence-corrected chi connectivity index (χ2v) is 6.39. The molecule has 1 N–H and O–H groups in total. The predicted molar refractivity (Wildman–Crippen MR) is 94.8 cm³/mol. The lowest BCUT2D eigenvalue weighted by molar-refractivity contribution is -0.148. The molecule has 1 aromatic carbocycles. The highest BCUT2D eigenvalue weighted by molar-refractivity contribution is 5.92. The molecule has 1 aliphatic heterocycles. The van der Waals surface area contributed by atoms with Crippen molar-refractivity contribution in [1.82, 2.24) is 14.3 Å². The Morgan fingerprint density at radius 1 is 1.19 bits per heavy atom. The quantitative estimate of drug-likeness (QED) is 0.812. The van der Waals surface area contributed by atoms with Crippen molar-refractivity contribution in [2.45, 2.75) is 45.7 Å². The van der Waals surface area contributed by atoms with Crippen LogP contribution in [0.15, 0.2) is 29.1 Å². The van der Waals surface area contributed by atoms with Crippen molar-refractivity contribution in [3.63, 3.8) is 0 Å². The number of benzene rings is 1. The summed E-state index contributed by atoms with van der Waals surface area (Å²) in [5.74, 6) is -0.396. The fourth-order valence-corrected chi connectivity index (χ4v) is 2.88. The number of nitrogens with one attached hydrogen (secondary N) is 1. The molecule has 0 bridgehead atoms. The van der Waals surface area contributed by atoms with E-state index in [0.717, 1.165) is 35.9 Å². The van der Waals surface area contributed by atoms with Crippen LogP contribution in [0.3, 0.4) is 0 Å². The van der Waals surface area contributed by atoms with Gasteiger partial charge in [0, 0.05) is 18.7 Å². The monoisotopic (exact) mass is 358 g/mol. The second-order valence-electron chi connectivity index (χ2n) is 6.39. The zero-order valence-electron chi connectivity index (χ0n) is 14.7. The number of anilines is 1. The van der Waals surface area contributed by atoms with E-state index in [-0.39, 0.29) is 12.2 Å². The fraction of sp³-hybridized carbons (Fsp3) is 0.444. The van der Waals surface area contributed by atoms with E-state index in [1.54, 1.807) is 16.7 Å². The number of nitrogens with zero attached hydrogens (tertiary/aromatic N) is 3. The van der Waals surface area contributed by atoms with E-state index in [0.29, 0.717) is 18.1 Å². The van der Waals surface area contributed by atoms with E-state index in [1.165, 1.54) is 0 Å². The van der Waals surface area contributed by atoms with Gasteiger partial charge in [0.2, 0.25) is 0 Å². The summed E-state index contributed by atoms with van der Waals surface area (Å²) in [5.41, 5.74) is 1.41. The van der Waals surface area contributed by atoms with Gasteiger partial charge >= 0.3 is 11.7 Å². The summed E-state index contributed by atoms with van der Waals surface area (Å²) >= 11 is 0. The van der Waals surface area contributed by atoms with E-state index in [2.05, 4.69) is 10.4 Å². The first-order valence-electron chi connectivity index (χ1n) is 8.71. The number of fused-ring (bicyclic) bond motifs is 1. The highest BCUT2D eigenvalue weighted by Gasteiger charge is 2.18. The molecule has 0 unspecified atom stereocenters. The van der Waals surface area contributed by atoms with Crippen molar-refractivity contribution in [2.24, 2.45) is 0 Å². The Morgan fingerprint density at radius 2 is 1.96 bits per heavy atom. The lowest BCUT2D eigenvalue weighted by Gasteiger charge is -2.06. The van der Waals surface area contributed by atoms with Gasteiger partial charge in [-0.1, -0.05) is 24.1 Å². The van der Waals surface area contributed by atoms with Crippen molar-refractivity contribution in [3.05, 3.63) is 46.1 Å². The number of ether oxygens (including phenoxy) is 1. The van der Waals surface area contributed by atoms with Crippen LogP contribution in [0.5, 0.6) is 0 Å². The molecule has 1 aromatic heterocycles. The third kappa shape index (κ3) is 4.38. The topological polar surface area (TPSA) is 95.2 Å². The molecule has 0 fully saturated rings. The molecule has 1 amide bonds. The number of esters is 1. The Bertz CT molecular complexity index is 851. The van der Waals surface area contributed by atoms with Gasteiger partial charge in [-0.25, -0.2) is 9.48 Å². The summed E-state index contributed by atoms with van der Waals surface area (Å²) in [6, 6.07) is 7.28. The molecule has 0 aliphatic carbocycles. The third-order valence-electron chi connectivity index (χ3n) is 4.26. The number of hydrogen-bond donors (Lipinski definition) is 1. The molecule has 8 heteroatoms. The van der Waals surface area contributed by atoms with Gasteiger partial charge < -0.3 is 10.1 Å². The highest BCUT2D eigenvalue weighted by Crippen LogP contribution is 2.10. The molecule has 0 atom stereocenters. The average Bonchev–Trinajstić information content (AvgIpc) is 2.78. The van der Waals surface area contributed by atoms with Gasteiger partial charge in [0.15, 0.2) is 6.61 Å². The van der Waals surface area contributed by atoms with Crippen LogP contribution >= 0.6 is 0 Å². The molecule has 26 heavy (non-hydrogen) atoms. The summed E-state index contributed by atoms with van der Waals surface area (Å²) in [5, 5.41) is 6.86. The zero-order chi connectivity index (χ0) is 18.5. The Balaban J connectivity index is 1.52. The van der Waals surface area contributed by atoms with E-state index >= 15 is 0 Å². The molecular weight excluding hydrogens is 336 g/mol. The molecule has 0 saturated heterocycles. The maximum absolute atomic E-state index is 12.3. The van der Waals surface area contributed by atoms with E-state index in [4.69, 9.17) is 4.74 Å². The van der Waals surface area contributed by atoms with Crippen LogP contribution in [0.25, 0.3) is 0 Å². The highest BCUT2D eigenvalue weighted by atomic mass is 16.5. The summed E-state index contributed by atoms with van der Waals surface area (Å²) in [7, 11) is 0. The molecule has 2 aromatic rings. The molecule has 3 rings (SSSR count). The van der Waals surface area contributed by atoms with Gasteiger partial charge in [-0.15, -0.1) is 0 Å². The number of hydrogen-bond acceptors (Lipinski definition) is 5. The second kappa shape index (κ2) is 7.99. The van der Waals surface area contributed by atoms with Crippen molar-refractivity contribution >= 4 is 17.6 Å². The number of rotatable bonds is 5. The first-order chi connectivity index (χ1) is 12.5. The fourth-order valence-electron chi connectivity index (χ4n) is 2.88. The van der Waals surface area contributed by atoms with Gasteiger partial charge in [-0.3, -0.25) is 14.2 Å². The summed E-state index contributed by atoms with van der Waals surface area (Å²) < 4.78 is 7.68. The Labute approximate surface area is 150 Å². The minimum Gasteiger partial charge on any atom is -0.454 e. The number of aromatic nitrogens is 3. The molecule has 138 valence electrons. The SMILES string of the molecule is Cc1ccc(NC(=O)COC(=O)Cn2nc3n(c2=O)CCCCC3)cc1. The van der Waals surface area contributed by atoms with Gasteiger partial charge in [-0.2, -0.15) is 5.10 Å². The molecule has 0 saturated carbocycles. The van der Waals surface area contributed by atoms with Crippen LogP contribution in [0.4, 0.5) is 5.69 Å². The number of carbonyl (C=O) groups excluding carboxylic acids is 2. The zero-order valence-corrected chi connectivity index (χ0v) is 14.7. The molecule has 0 spiro atoms. The Hall–Kier alpha value is -2.90. The van der Waals surface area contributed by atoms with Crippen molar-refractivity contribution < 1.29 is 14.3 Å². The molecular formula is C18H22N4O4. The van der Waals surface area contributed by atoms with Gasteiger partial charge in [0.05, 0.1) is 0 Å². The van der Waals surface area contributed by atoms with Gasteiger partial charge in [0.1, 0.15) is 12.4 Å². The maximum atomic E-state index is 12.3. The van der Waals surface area contributed by atoms with E-state index in [9.17, 15) is 14.4 Å². The molecule has 0 radical (unpaired) electrons. The van der Waals surface area contributed by atoms with E-state index < -0.39 is 18.5 Å². The van der Waals surface area contributed by atoms with Gasteiger partial charge in [0.25, 0.3) is 5.91 Å². The van der Waals surface area contributed by atoms with Gasteiger partial charge in [-0.05, 0) is 31.9 Å². The first-order valence-corrected chi connectivity index (χ1v) is 8.71. The number of aryl methyl sites for hydroxylation is 2. The first kappa shape index (κ1) is 17.9. The number of carbonyl (C=O) groups is 2. The molecule has 1 aliphatic rings. The lowest BCUT2D eigenvalue weighted by atomic mass is 10.2. The van der Waals surface area contributed by atoms with Crippen molar-refractivity contribution in [3.8, 4) is 0 Å². The minimum absolute atomic E-state index is 0.295. The third-order valence-corrected chi connectivity index (χ3v) is 4.26. The van der Waals surface area contributed by atoms with Crippen molar-refractivity contribution in [1.29, 1.82) is 0 Å². The number of amides is 1. The molecule has 2 heterocycles. The largest absolute Gasteiger partial charge is 0.454 e. The smallest absolute Gasteiger partial charge is 0.346 e. The normalized spacial score (nSPS) is 13.6. The van der Waals surface area contributed by atoms with Crippen LogP contribution < -0.4 is 11.0 Å². The predicted octanol–water partition coefficient (Wildman–Crippen LogP) is 1.26. The van der Waals surface area contributed by atoms with Crippen LogP contribution in [-0.4, -0.2) is 32.8 Å². The summed E-state index contributed by atoms with van der Waals surface area (Å²) in [4.78, 5) is 36.1. The van der Waals surface area contributed by atoms with Crippen LogP contribution in [0.2, 0.25) is 0 Å². The lowest BCUT2D eigenvalue weighted by Crippen LogP contribution is -2.30. The van der Waals surface area contributed by atoms with Crippen LogP contribution in [-0.2, 0) is 33.8 Å². The van der Waals surface area contributed by atoms with E-state index in [1.807, 2.05) is 19.1 Å². The minimum atomic E-state index is -0.667. The maximum Gasteiger partial charge on any atom is 0.346 e.